The van der Waals surface area contributed by atoms with Crippen LogP contribution in [0.15, 0.2) is 40.5 Å². The summed E-state index contributed by atoms with van der Waals surface area (Å²) in [5.41, 5.74) is 0.701. The second kappa shape index (κ2) is 8.12. The largest absolute Gasteiger partial charge is 0.490 e. The number of thiophene rings is 1. The minimum absolute atomic E-state index is 0.167. The monoisotopic (exact) mass is 413 g/mol. The van der Waals surface area contributed by atoms with Gasteiger partial charge in [-0.3, -0.25) is 4.79 Å². The van der Waals surface area contributed by atoms with E-state index in [4.69, 9.17) is 9.47 Å². The molecule has 3 heterocycles. The van der Waals surface area contributed by atoms with Crippen LogP contribution in [0.25, 0.3) is 21.7 Å². The SMILES string of the molecule is CCCOc1ccc(C=c2sc3nc(-c4cccs4)nn3c2=O)cc1OCC. The molecule has 4 aromatic rings. The lowest BCUT2D eigenvalue weighted by Crippen LogP contribution is -2.23. The Morgan fingerprint density at radius 1 is 1.18 bits per heavy atom. The van der Waals surface area contributed by atoms with Crippen LogP contribution in [0.3, 0.4) is 0 Å². The average Bonchev–Trinajstić information content (AvgIpc) is 3.41. The number of fused-ring (bicyclic) bond motifs is 1. The van der Waals surface area contributed by atoms with E-state index in [0.717, 1.165) is 16.9 Å². The number of hydrogen-bond acceptors (Lipinski definition) is 7. The zero-order chi connectivity index (χ0) is 19.5. The van der Waals surface area contributed by atoms with Crippen molar-refractivity contribution in [3.8, 4) is 22.2 Å². The second-order valence-corrected chi connectivity index (χ2v) is 7.97. The van der Waals surface area contributed by atoms with Crippen LogP contribution in [0, 0.1) is 0 Å². The van der Waals surface area contributed by atoms with Gasteiger partial charge >= 0.3 is 0 Å². The Bertz CT molecular complexity index is 1200. The molecular formula is C20H19N3O3S2. The van der Waals surface area contributed by atoms with Gasteiger partial charge in [0, 0.05) is 0 Å². The molecule has 6 nitrogen and oxygen atoms in total. The Kier molecular flexibility index (Phi) is 5.40. The molecule has 3 aromatic heterocycles. The van der Waals surface area contributed by atoms with Crippen molar-refractivity contribution in [2.45, 2.75) is 20.3 Å². The van der Waals surface area contributed by atoms with E-state index in [-0.39, 0.29) is 5.56 Å². The number of aromatic nitrogens is 3. The molecule has 0 aliphatic heterocycles. The van der Waals surface area contributed by atoms with Gasteiger partial charge in [0.05, 0.1) is 22.6 Å². The fourth-order valence-electron chi connectivity index (χ4n) is 2.71. The van der Waals surface area contributed by atoms with Gasteiger partial charge in [-0.15, -0.1) is 16.4 Å². The molecule has 4 rings (SSSR count). The van der Waals surface area contributed by atoms with Gasteiger partial charge in [-0.25, -0.2) is 0 Å². The predicted molar refractivity (Wildman–Crippen MR) is 113 cm³/mol. The third-order valence-corrected chi connectivity index (χ3v) is 5.78. The molecule has 0 saturated heterocycles. The van der Waals surface area contributed by atoms with E-state index < -0.39 is 0 Å². The van der Waals surface area contributed by atoms with E-state index in [1.807, 2.05) is 48.7 Å². The third kappa shape index (κ3) is 3.65. The average molecular weight is 414 g/mol. The molecule has 8 heteroatoms. The van der Waals surface area contributed by atoms with E-state index >= 15 is 0 Å². The molecule has 0 atom stereocenters. The molecule has 0 saturated carbocycles. The van der Waals surface area contributed by atoms with E-state index in [1.54, 1.807) is 11.3 Å². The van der Waals surface area contributed by atoms with Gasteiger partial charge in [0.1, 0.15) is 0 Å². The topological polar surface area (TPSA) is 65.7 Å². The molecule has 0 aliphatic rings. The summed E-state index contributed by atoms with van der Waals surface area (Å²) in [7, 11) is 0. The Hall–Kier alpha value is -2.71. The van der Waals surface area contributed by atoms with E-state index in [2.05, 4.69) is 17.0 Å². The second-order valence-electron chi connectivity index (χ2n) is 6.01. The number of nitrogens with zero attached hydrogens (tertiary/aromatic N) is 3. The van der Waals surface area contributed by atoms with Crippen LogP contribution in [-0.2, 0) is 0 Å². The molecule has 0 amide bonds. The lowest BCUT2D eigenvalue weighted by atomic mass is 10.2. The molecule has 28 heavy (non-hydrogen) atoms. The van der Waals surface area contributed by atoms with Crippen molar-refractivity contribution in [3.05, 3.63) is 56.2 Å². The van der Waals surface area contributed by atoms with Crippen LogP contribution in [-0.4, -0.2) is 27.8 Å². The quantitative estimate of drug-likeness (QED) is 0.463. The van der Waals surface area contributed by atoms with Crippen molar-refractivity contribution in [1.29, 1.82) is 0 Å². The highest BCUT2D eigenvalue weighted by molar-refractivity contribution is 7.15. The maximum atomic E-state index is 12.7. The number of thiazole rings is 1. The van der Waals surface area contributed by atoms with Crippen LogP contribution >= 0.6 is 22.7 Å². The highest BCUT2D eigenvalue weighted by Gasteiger charge is 2.13. The number of rotatable bonds is 7. The maximum absolute atomic E-state index is 12.7. The van der Waals surface area contributed by atoms with Crippen LogP contribution in [0.5, 0.6) is 11.5 Å². The zero-order valence-corrected chi connectivity index (χ0v) is 17.2. The molecular weight excluding hydrogens is 394 g/mol. The summed E-state index contributed by atoms with van der Waals surface area (Å²) >= 11 is 2.88. The maximum Gasteiger partial charge on any atom is 0.291 e. The molecule has 0 unspecified atom stereocenters. The summed E-state index contributed by atoms with van der Waals surface area (Å²) < 4.78 is 13.4. The van der Waals surface area contributed by atoms with Gasteiger partial charge < -0.3 is 9.47 Å². The molecule has 144 valence electrons. The summed E-state index contributed by atoms with van der Waals surface area (Å²) in [6.07, 6.45) is 2.76. The number of benzene rings is 1. The van der Waals surface area contributed by atoms with E-state index in [1.165, 1.54) is 15.9 Å². The van der Waals surface area contributed by atoms with Crippen molar-refractivity contribution >= 4 is 33.7 Å². The summed E-state index contributed by atoms with van der Waals surface area (Å²) in [5, 5.41) is 6.32. The standard InChI is InChI=1S/C20H19N3O3S2/c1-3-9-26-14-8-7-13(11-15(14)25-4-2)12-17-19(24)23-20(28-17)21-18(22-23)16-6-5-10-27-16/h5-8,10-12H,3-4,9H2,1-2H3. The summed E-state index contributed by atoms with van der Waals surface area (Å²) in [4.78, 5) is 18.8. The van der Waals surface area contributed by atoms with Crippen molar-refractivity contribution in [3.63, 3.8) is 0 Å². The Morgan fingerprint density at radius 3 is 2.79 bits per heavy atom. The highest BCUT2D eigenvalue weighted by atomic mass is 32.1. The molecule has 0 radical (unpaired) electrons. The van der Waals surface area contributed by atoms with Crippen molar-refractivity contribution < 1.29 is 9.47 Å². The summed E-state index contributed by atoms with van der Waals surface area (Å²) in [6.45, 7) is 5.17. The van der Waals surface area contributed by atoms with Gasteiger partial charge in [-0.2, -0.15) is 9.50 Å². The fourth-order valence-corrected chi connectivity index (χ4v) is 4.27. The lowest BCUT2D eigenvalue weighted by Gasteiger charge is -2.11. The predicted octanol–water partition coefficient (Wildman–Crippen LogP) is 3.61. The zero-order valence-electron chi connectivity index (χ0n) is 15.5. The van der Waals surface area contributed by atoms with E-state index in [0.29, 0.717) is 40.0 Å². The van der Waals surface area contributed by atoms with Gasteiger partial charge in [0.25, 0.3) is 5.56 Å². The van der Waals surface area contributed by atoms with E-state index in [9.17, 15) is 4.79 Å². The lowest BCUT2D eigenvalue weighted by molar-refractivity contribution is 0.277. The third-order valence-electron chi connectivity index (χ3n) is 3.95. The molecule has 0 N–H and O–H groups in total. The van der Waals surface area contributed by atoms with Gasteiger partial charge in [-0.1, -0.05) is 30.4 Å². The van der Waals surface area contributed by atoms with Gasteiger partial charge in [0.15, 0.2) is 17.3 Å². The van der Waals surface area contributed by atoms with Gasteiger partial charge in [0.2, 0.25) is 4.96 Å². The molecule has 0 aliphatic carbocycles. The van der Waals surface area contributed by atoms with Crippen LogP contribution in [0.4, 0.5) is 0 Å². The molecule has 1 aromatic carbocycles. The van der Waals surface area contributed by atoms with Crippen molar-refractivity contribution in [1.82, 2.24) is 14.6 Å². The van der Waals surface area contributed by atoms with Crippen molar-refractivity contribution in [2.75, 3.05) is 13.2 Å². The minimum Gasteiger partial charge on any atom is -0.490 e. The van der Waals surface area contributed by atoms with Gasteiger partial charge in [-0.05, 0) is 48.6 Å². The number of ether oxygens (including phenoxy) is 2. The Labute approximate surface area is 169 Å². The highest BCUT2D eigenvalue weighted by Crippen LogP contribution is 2.29. The first-order valence-electron chi connectivity index (χ1n) is 9.04. The Balaban J connectivity index is 1.71. The smallest absolute Gasteiger partial charge is 0.291 e. The molecule has 0 fully saturated rings. The van der Waals surface area contributed by atoms with Crippen molar-refractivity contribution in [2.24, 2.45) is 0 Å². The number of hydrogen-bond donors (Lipinski definition) is 0. The normalized spacial score (nSPS) is 12.0. The van der Waals surface area contributed by atoms with Crippen LogP contribution in [0.2, 0.25) is 0 Å². The molecule has 0 bridgehead atoms. The van der Waals surface area contributed by atoms with Crippen LogP contribution < -0.4 is 19.6 Å². The molecule has 0 spiro atoms. The first-order valence-corrected chi connectivity index (χ1v) is 10.7. The Morgan fingerprint density at radius 2 is 2.07 bits per heavy atom. The first-order chi connectivity index (χ1) is 13.7. The summed E-state index contributed by atoms with van der Waals surface area (Å²) in [5.74, 6) is 1.98. The minimum atomic E-state index is -0.167. The summed E-state index contributed by atoms with van der Waals surface area (Å²) in [6, 6.07) is 9.57. The fraction of sp³-hybridized carbons (Fsp3) is 0.250. The first kappa shape index (κ1) is 18.6. The van der Waals surface area contributed by atoms with Crippen LogP contribution in [0.1, 0.15) is 25.8 Å².